The zero-order valence-electron chi connectivity index (χ0n) is 9.50. The van der Waals surface area contributed by atoms with Crippen molar-refractivity contribution in [3.8, 4) is 0 Å². The summed E-state index contributed by atoms with van der Waals surface area (Å²) in [4.78, 5) is 29.2. The van der Waals surface area contributed by atoms with Crippen LogP contribution in [0.2, 0.25) is 0 Å². The van der Waals surface area contributed by atoms with Gasteiger partial charge in [0.25, 0.3) is 5.56 Å². The van der Waals surface area contributed by atoms with Crippen LogP contribution < -0.4 is 16.2 Å². The number of hydrogen-bond donors (Lipinski definition) is 3. The Balaban J connectivity index is 2.69. The van der Waals surface area contributed by atoms with Crippen LogP contribution in [0.4, 0.5) is 11.4 Å². The lowest BCUT2D eigenvalue weighted by Crippen LogP contribution is -2.11. The van der Waals surface area contributed by atoms with Crippen molar-refractivity contribution in [2.45, 2.75) is 6.92 Å². The molecule has 0 atom stereocenters. The third-order valence-electron chi connectivity index (χ3n) is 2.36. The lowest BCUT2D eigenvalue weighted by atomic mass is 10.2. The molecule has 0 aliphatic rings. The highest BCUT2D eigenvalue weighted by atomic mass is 16.1. The molecule has 1 amide bonds. The Morgan fingerprint density at radius 2 is 2.12 bits per heavy atom. The first-order valence-corrected chi connectivity index (χ1v) is 5.08. The van der Waals surface area contributed by atoms with Gasteiger partial charge in [0, 0.05) is 14.0 Å². The molecule has 0 saturated carbocycles. The molecule has 1 heterocycles. The van der Waals surface area contributed by atoms with Crippen LogP contribution in [0.3, 0.4) is 0 Å². The second-order valence-corrected chi connectivity index (χ2v) is 3.58. The molecule has 0 unspecified atom stereocenters. The molecule has 6 nitrogen and oxygen atoms in total. The smallest absolute Gasteiger partial charge is 0.258 e. The Bertz CT molecular complexity index is 633. The predicted octanol–water partition coefficient (Wildman–Crippen LogP) is 0.923. The molecule has 88 valence electrons. The number of nitrogens with zero attached hydrogens (tertiary/aromatic N) is 1. The molecule has 17 heavy (non-hydrogen) atoms. The maximum atomic E-state index is 11.6. The average molecular weight is 232 g/mol. The fourth-order valence-electron chi connectivity index (χ4n) is 1.62. The van der Waals surface area contributed by atoms with Gasteiger partial charge in [0.15, 0.2) is 0 Å². The van der Waals surface area contributed by atoms with Crippen LogP contribution in [-0.2, 0) is 4.79 Å². The summed E-state index contributed by atoms with van der Waals surface area (Å²) in [5, 5.41) is 6.05. The number of hydrogen-bond acceptors (Lipinski definition) is 4. The monoisotopic (exact) mass is 232 g/mol. The van der Waals surface area contributed by atoms with E-state index in [2.05, 4.69) is 20.6 Å². The van der Waals surface area contributed by atoms with E-state index in [1.54, 1.807) is 19.2 Å². The minimum absolute atomic E-state index is 0.193. The molecule has 0 aliphatic heterocycles. The first-order valence-electron chi connectivity index (χ1n) is 5.08. The number of aromatic nitrogens is 2. The summed E-state index contributed by atoms with van der Waals surface area (Å²) in [6.07, 6.45) is 1.35. The number of aromatic amines is 1. The minimum Gasteiger partial charge on any atom is -0.386 e. The largest absolute Gasteiger partial charge is 0.386 e. The van der Waals surface area contributed by atoms with Gasteiger partial charge < -0.3 is 15.6 Å². The fraction of sp³-hybridized carbons (Fsp3) is 0.182. The van der Waals surface area contributed by atoms with Crippen molar-refractivity contribution in [2.75, 3.05) is 17.7 Å². The normalized spacial score (nSPS) is 10.2. The Morgan fingerprint density at radius 3 is 2.76 bits per heavy atom. The molecule has 1 aromatic carbocycles. The van der Waals surface area contributed by atoms with E-state index in [-0.39, 0.29) is 11.5 Å². The molecule has 2 aromatic rings. The van der Waals surface area contributed by atoms with Crippen molar-refractivity contribution in [2.24, 2.45) is 0 Å². The van der Waals surface area contributed by atoms with Gasteiger partial charge >= 0.3 is 0 Å². The molecular weight excluding hydrogens is 220 g/mol. The van der Waals surface area contributed by atoms with Crippen LogP contribution in [0.5, 0.6) is 0 Å². The lowest BCUT2D eigenvalue weighted by Gasteiger charge is -2.10. The van der Waals surface area contributed by atoms with E-state index in [4.69, 9.17) is 0 Å². The zero-order chi connectivity index (χ0) is 12.4. The van der Waals surface area contributed by atoms with Crippen LogP contribution in [0.1, 0.15) is 6.92 Å². The topological polar surface area (TPSA) is 86.9 Å². The van der Waals surface area contributed by atoms with E-state index < -0.39 is 0 Å². The van der Waals surface area contributed by atoms with Crippen LogP contribution in [0.15, 0.2) is 23.3 Å². The van der Waals surface area contributed by atoms with Crippen molar-refractivity contribution >= 4 is 28.2 Å². The van der Waals surface area contributed by atoms with Gasteiger partial charge in [0.05, 0.1) is 28.6 Å². The first-order chi connectivity index (χ1) is 8.11. The molecule has 2 rings (SSSR count). The average Bonchev–Trinajstić information content (AvgIpc) is 2.29. The number of fused-ring (bicyclic) bond motifs is 1. The number of anilines is 2. The zero-order valence-corrected chi connectivity index (χ0v) is 9.50. The number of amides is 1. The van der Waals surface area contributed by atoms with E-state index in [1.165, 1.54) is 13.3 Å². The number of carbonyl (C=O) groups is 1. The molecule has 0 radical (unpaired) electrons. The summed E-state index contributed by atoms with van der Waals surface area (Å²) in [5.74, 6) is -0.193. The summed E-state index contributed by atoms with van der Waals surface area (Å²) in [6, 6.07) is 3.32. The van der Waals surface area contributed by atoms with Gasteiger partial charge in [-0.15, -0.1) is 0 Å². The second-order valence-electron chi connectivity index (χ2n) is 3.58. The Labute approximate surface area is 97.1 Å². The number of nitrogens with one attached hydrogen (secondary N) is 3. The van der Waals surface area contributed by atoms with Crippen molar-refractivity contribution in [3.63, 3.8) is 0 Å². The van der Waals surface area contributed by atoms with Crippen molar-refractivity contribution < 1.29 is 4.79 Å². The Kier molecular flexibility index (Phi) is 2.78. The molecule has 1 aromatic heterocycles. The third-order valence-corrected chi connectivity index (χ3v) is 2.36. The van der Waals surface area contributed by atoms with Crippen LogP contribution >= 0.6 is 0 Å². The van der Waals surface area contributed by atoms with Crippen molar-refractivity contribution in [1.82, 2.24) is 9.97 Å². The van der Waals surface area contributed by atoms with Gasteiger partial charge in [-0.1, -0.05) is 0 Å². The van der Waals surface area contributed by atoms with Gasteiger partial charge in [-0.25, -0.2) is 4.98 Å². The first kappa shape index (κ1) is 11.1. The number of H-pyrrole nitrogens is 1. The minimum atomic E-state index is -0.232. The highest BCUT2D eigenvalue weighted by Gasteiger charge is 2.07. The second kappa shape index (κ2) is 4.25. The van der Waals surface area contributed by atoms with Gasteiger partial charge in [-0.3, -0.25) is 9.59 Å². The molecule has 0 bridgehead atoms. The third kappa shape index (κ3) is 2.10. The summed E-state index contributed by atoms with van der Waals surface area (Å²) >= 11 is 0. The maximum absolute atomic E-state index is 11.6. The summed E-state index contributed by atoms with van der Waals surface area (Å²) in [7, 11) is 1.74. The van der Waals surface area contributed by atoms with Gasteiger partial charge in [-0.2, -0.15) is 0 Å². The highest BCUT2D eigenvalue weighted by molar-refractivity contribution is 5.97. The van der Waals surface area contributed by atoms with Crippen LogP contribution in [0.25, 0.3) is 10.9 Å². The van der Waals surface area contributed by atoms with E-state index in [0.717, 1.165) is 0 Å². The molecule has 0 spiro atoms. The maximum Gasteiger partial charge on any atom is 0.258 e. The number of benzene rings is 1. The fourth-order valence-corrected chi connectivity index (χ4v) is 1.62. The van der Waals surface area contributed by atoms with Gasteiger partial charge in [-0.05, 0) is 12.1 Å². The van der Waals surface area contributed by atoms with Crippen molar-refractivity contribution in [1.29, 1.82) is 0 Å². The standard InChI is InChI=1S/C11H12N4O2/c1-6(16)15-10-3-7-8(4-9(10)12-2)13-5-14-11(7)17/h3-5,12H,1-2H3,(H,15,16)(H,13,14,17). The van der Waals surface area contributed by atoms with Crippen LogP contribution in [-0.4, -0.2) is 22.9 Å². The molecule has 3 N–H and O–H groups in total. The van der Waals surface area contributed by atoms with E-state index in [0.29, 0.717) is 22.3 Å². The van der Waals surface area contributed by atoms with E-state index >= 15 is 0 Å². The predicted molar refractivity (Wildman–Crippen MR) is 66.2 cm³/mol. The molecular formula is C11H12N4O2. The Hall–Kier alpha value is -2.37. The summed E-state index contributed by atoms with van der Waals surface area (Å²) in [5.41, 5.74) is 1.62. The SMILES string of the molecule is CNc1cc2nc[nH]c(=O)c2cc1NC(C)=O. The number of rotatable bonds is 2. The van der Waals surface area contributed by atoms with E-state index in [1.807, 2.05) is 0 Å². The molecule has 0 saturated heterocycles. The van der Waals surface area contributed by atoms with Gasteiger partial charge in [0.1, 0.15) is 0 Å². The highest BCUT2D eigenvalue weighted by Crippen LogP contribution is 2.25. The van der Waals surface area contributed by atoms with Crippen LogP contribution in [0, 0.1) is 0 Å². The molecule has 0 fully saturated rings. The molecule has 6 heteroatoms. The molecule has 0 aliphatic carbocycles. The number of carbonyl (C=O) groups excluding carboxylic acids is 1. The lowest BCUT2D eigenvalue weighted by molar-refractivity contribution is -0.114. The summed E-state index contributed by atoms with van der Waals surface area (Å²) in [6.45, 7) is 1.41. The summed E-state index contributed by atoms with van der Waals surface area (Å²) < 4.78 is 0. The van der Waals surface area contributed by atoms with E-state index in [9.17, 15) is 9.59 Å². The Morgan fingerprint density at radius 1 is 1.35 bits per heavy atom. The van der Waals surface area contributed by atoms with Gasteiger partial charge in [0.2, 0.25) is 5.91 Å². The quantitative estimate of drug-likeness (QED) is 0.718. The van der Waals surface area contributed by atoms with Crippen molar-refractivity contribution in [3.05, 3.63) is 28.8 Å².